The van der Waals surface area contributed by atoms with Crippen LogP contribution in [0.15, 0.2) is 24.3 Å². The van der Waals surface area contributed by atoms with Crippen LogP contribution in [0.2, 0.25) is 0 Å². The smallest absolute Gasteiger partial charge is 0.255 e. The number of rotatable bonds is 8. The summed E-state index contributed by atoms with van der Waals surface area (Å²) in [5.41, 5.74) is 6.14. The van der Waals surface area contributed by atoms with E-state index in [4.69, 9.17) is 15.2 Å². The highest BCUT2D eigenvalue weighted by molar-refractivity contribution is 5.75. The Hall–Kier alpha value is -1.59. The molecule has 0 spiro atoms. The molecule has 0 unspecified atom stereocenters. The van der Waals surface area contributed by atoms with Gasteiger partial charge in [-0.3, -0.25) is 4.79 Å². The van der Waals surface area contributed by atoms with Crippen molar-refractivity contribution in [3.8, 4) is 5.75 Å². The van der Waals surface area contributed by atoms with Gasteiger partial charge in [-0.25, -0.2) is 0 Å². The van der Waals surface area contributed by atoms with E-state index < -0.39 is 5.91 Å². The third kappa shape index (κ3) is 5.65. The van der Waals surface area contributed by atoms with Crippen molar-refractivity contribution in [2.45, 2.75) is 19.5 Å². The molecule has 3 N–H and O–H groups in total. The molecule has 0 bridgehead atoms. The molecule has 0 fully saturated rings. The molecule has 0 aliphatic rings. The second-order valence-electron chi connectivity index (χ2n) is 4.14. The Balaban J connectivity index is 2.38. The third-order valence-corrected chi connectivity index (χ3v) is 2.38. The van der Waals surface area contributed by atoms with E-state index in [0.29, 0.717) is 18.4 Å². The van der Waals surface area contributed by atoms with Crippen LogP contribution >= 0.6 is 0 Å². The zero-order chi connectivity index (χ0) is 13.4. The molecular formula is C13H20N2O3. The van der Waals surface area contributed by atoms with Crippen LogP contribution in [-0.2, 0) is 16.1 Å². The number of nitrogens with one attached hydrogen (secondary N) is 1. The molecule has 18 heavy (non-hydrogen) atoms. The van der Waals surface area contributed by atoms with Crippen LogP contribution in [0.3, 0.4) is 0 Å². The van der Waals surface area contributed by atoms with E-state index in [1.54, 1.807) is 7.11 Å². The molecule has 0 saturated carbocycles. The topological polar surface area (TPSA) is 73.6 Å². The largest absolute Gasteiger partial charge is 0.484 e. The first kappa shape index (κ1) is 14.5. The van der Waals surface area contributed by atoms with Crippen LogP contribution in [0.1, 0.15) is 12.5 Å². The zero-order valence-electron chi connectivity index (χ0n) is 10.8. The lowest BCUT2D eigenvalue weighted by Crippen LogP contribution is -2.29. The van der Waals surface area contributed by atoms with Crippen LogP contribution in [0.4, 0.5) is 0 Å². The van der Waals surface area contributed by atoms with E-state index >= 15 is 0 Å². The average molecular weight is 252 g/mol. The first-order valence-corrected chi connectivity index (χ1v) is 5.84. The maximum atomic E-state index is 10.6. The molecule has 0 aliphatic heterocycles. The molecule has 0 saturated heterocycles. The van der Waals surface area contributed by atoms with Gasteiger partial charge in [0.2, 0.25) is 0 Å². The van der Waals surface area contributed by atoms with Crippen LogP contribution in [0, 0.1) is 0 Å². The molecule has 1 rings (SSSR count). The van der Waals surface area contributed by atoms with Crippen molar-refractivity contribution in [2.24, 2.45) is 5.73 Å². The second kappa shape index (κ2) is 7.68. The summed E-state index contributed by atoms with van der Waals surface area (Å²) in [5.74, 6) is 0.164. The minimum absolute atomic E-state index is 0.0948. The Morgan fingerprint density at radius 3 is 2.61 bits per heavy atom. The molecule has 1 amide bonds. The van der Waals surface area contributed by atoms with Crippen molar-refractivity contribution < 1.29 is 14.3 Å². The average Bonchev–Trinajstić information content (AvgIpc) is 2.35. The summed E-state index contributed by atoms with van der Waals surface area (Å²) in [7, 11) is 1.68. The van der Waals surface area contributed by atoms with Crippen LogP contribution < -0.4 is 15.8 Å². The van der Waals surface area contributed by atoms with Gasteiger partial charge in [-0.1, -0.05) is 12.1 Å². The van der Waals surface area contributed by atoms with Gasteiger partial charge in [-0.15, -0.1) is 0 Å². The van der Waals surface area contributed by atoms with E-state index in [-0.39, 0.29) is 6.61 Å². The van der Waals surface area contributed by atoms with Gasteiger partial charge in [0.1, 0.15) is 5.75 Å². The van der Waals surface area contributed by atoms with Crippen molar-refractivity contribution in [1.29, 1.82) is 0 Å². The maximum Gasteiger partial charge on any atom is 0.255 e. The maximum absolute atomic E-state index is 10.6. The number of nitrogens with two attached hydrogens (primary N) is 1. The summed E-state index contributed by atoms with van der Waals surface area (Å²) in [4.78, 5) is 10.6. The molecule has 5 nitrogen and oxygen atoms in total. The molecule has 1 aromatic rings. The molecule has 100 valence electrons. The van der Waals surface area contributed by atoms with Crippen molar-refractivity contribution in [1.82, 2.24) is 5.32 Å². The molecule has 1 atom stereocenters. The summed E-state index contributed by atoms with van der Waals surface area (Å²) >= 11 is 0. The zero-order valence-corrected chi connectivity index (χ0v) is 10.8. The Morgan fingerprint density at radius 2 is 2.06 bits per heavy atom. The second-order valence-corrected chi connectivity index (χ2v) is 4.14. The first-order valence-electron chi connectivity index (χ1n) is 5.84. The van der Waals surface area contributed by atoms with E-state index in [2.05, 4.69) is 12.2 Å². The lowest BCUT2D eigenvalue weighted by atomic mass is 10.2. The van der Waals surface area contributed by atoms with Gasteiger partial charge in [0.15, 0.2) is 6.61 Å². The van der Waals surface area contributed by atoms with Crippen molar-refractivity contribution >= 4 is 5.91 Å². The molecule has 0 radical (unpaired) electrons. The molecule has 1 aromatic carbocycles. The molecule has 5 heteroatoms. The van der Waals surface area contributed by atoms with E-state index in [0.717, 1.165) is 12.1 Å². The lowest BCUT2D eigenvalue weighted by molar-refractivity contribution is -0.119. The number of primary amides is 1. The molecule has 0 aliphatic carbocycles. The highest BCUT2D eigenvalue weighted by atomic mass is 16.5. The number of hydrogen-bond acceptors (Lipinski definition) is 4. The van der Waals surface area contributed by atoms with Gasteiger partial charge in [-0.2, -0.15) is 0 Å². The van der Waals surface area contributed by atoms with E-state index in [1.807, 2.05) is 24.3 Å². The number of hydrogen-bond donors (Lipinski definition) is 2. The predicted molar refractivity (Wildman–Crippen MR) is 69.3 cm³/mol. The fourth-order valence-corrected chi connectivity index (χ4v) is 1.46. The lowest BCUT2D eigenvalue weighted by Gasteiger charge is -2.12. The quantitative estimate of drug-likeness (QED) is 0.713. The monoisotopic (exact) mass is 252 g/mol. The van der Waals surface area contributed by atoms with Crippen molar-refractivity contribution in [2.75, 3.05) is 20.3 Å². The molecule has 0 aromatic heterocycles. The Kier molecular flexibility index (Phi) is 6.18. The molecule has 0 heterocycles. The minimum atomic E-state index is -0.478. The summed E-state index contributed by atoms with van der Waals surface area (Å²) < 4.78 is 10.2. The van der Waals surface area contributed by atoms with Crippen LogP contribution in [0.25, 0.3) is 0 Å². The minimum Gasteiger partial charge on any atom is -0.484 e. The SMILES string of the molecule is COC[C@H](C)NCc1ccc(OCC(N)=O)cc1. The Bertz CT molecular complexity index is 365. The number of ether oxygens (including phenoxy) is 2. The van der Waals surface area contributed by atoms with Crippen molar-refractivity contribution in [3.63, 3.8) is 0 Å². The van der Waals surface area contributed by atoms with Gasteiger partial charge in [0, 0.05) is 19.7 Å². The highest BCUT2D eigenvalue weighted by Crippen LogP contribution is 2.11. The van der Waals surface area contributed by atoms with Gasteiger partial charge >= 0.3 is 0 Å². The summed E-state index contributed by atoms with van der Waals surface area (Å²) in [6.45, 7) is 3.41. The van der Waals surface area contributed by atoms with Crippen LogP contribution in [-0.4, -0.2) is 32.3 Å². The number of methoxy groups -OCH3 is 1. The van der Waals surface area contributed by atoms with E-state index in [9.17, 15) is 4.79 Å². The predicted octanol–water partition coefficient (Wildman–Crippen LogP) is 0.675. The molecular weight excluding hydrogens is 232 g/mol. The number of benzene rings is 1. The van der Waals surface area contributed by atoms with Gasteiger partial charge in [0.25, 0.3) is 5.91 Å². The Morgan fingerprint density at radius 1 is 1.39 bits per heavy atom. The Labute approximate surface area is 107 Å². The third-order valence-electron chi connectivity index (χ3n) is 2.38. The standard InChI is InChI=1S/C13H20N2O3/c1-10(8-17-2)15-7-11-3-5-12(6-4-11)18-9-13(14)16/h3-6,10,15H,7-9H2,1-2H3,(H2,14,16)/t10-/m0/s1. The fraction of sp³-hybridized carbons (Fsp3) is 0.462. The van der Waals surface area contributed by atoms with Crippen LogP contribution in [0.5, 0.6) is 5.75 Å². The summed E-state index contributed by atoms with van der Waals surface area (Å²) in [6, 6.07) is 7.84. The highest BCUT2D eigenvalue weighted by Gasteiger charge is 2.01. The summed E-state index contributed by atoms with van der Waals surface area (Å²) in [6.07, 6.45) is 0. The number of amides is 1. The van der Waals surface area contributed by atoms with Gasteiger partial charge in [0.05, 0.1) is 6.61 Å². The number of carbonyl (C=O) groups is 1. The van der Waals surface area contributed by atoms with E-state index in [1.165, 1.54) is 0 Å². The van der Waals surface area contributed by atoms with Gasteiger partial charge < -0.3 is 20.5 Å². The van der Waals surface area contributed by atoms with Gasteiger partial charge in [-0.05, 0) is 24.6 Å². The fourth-order valence-electron chi connectivity index (χ4n) is 1.46. The first-order chi connectivity index (χ1) is 8.61. The normalized spacial score (nSPS) is 12.1. The summed E-state index contributed by atoms with van der Waals surface area (Å²) in [5, 5.41) is 3.33. The number of carbonyl (C=O) groups excluding carboxylic acids is 1. The van der Waals surface area contributed by atoms with Crippen molar-refractivity contribution in [3.05, 3.63) is 29.8 Å².